The summed E-state index contributed by atoms with van der Waals surface area (Å²) in [4.78, 5) is 22.9. The highest BCUT2D eigenvalue weighted by molar-refractivity contribution is 5.95. The number of nitrogens with one attached hydrogen (secondary N) is 1. The molecule has 0 aliphatic rings. The summed E-state index contributed by atoms with van der Waals surface area (Å²) in [7, 11) is 0. The minimum atomic E-state index is -0.177. The van der Waals surface area contributed by atoms with Crippen molar-refractivity contribution in [1.82, 2.24) is 5.16 Å². The van der Waals surface area contributed by atoms with E-state index in [1.807, 2.05) is 0 Å². The van der Waals surface area contributed by atoms with Crippen LogP contribution in [0.5, 0.6) is 0 Å². The summed E-state index contributed by atoms with van der Waals surface area (Å²) in [6.45, 7) is 3.27. The van der Waals surface area contributed by atoms with Crippen LogP contribution in [0.2, 0.25) is 0 Å². The molecule has 5 heteroatoms. The number of aromatic nitrogens is 1. The van der Waals surface area contributed by atoms with Gasteiger partial charge in [-0.15, -0.1) is 0 Å². The van der Waals surface area contributed by atoms with Crippen LogP contribution in [0, 0.1) is 6.92 Å². The van der Waals surface area contributed by atoms with Crippen molar-refractivity contribution < 1.29 is 14.1 Å². The second-order valence-corrected chi connectivity index (χ2v) is 4.29. The van der Waals surface area contributed by atoms with Gasteiger partial charge in [-0.25, -0.2) is 0 Å². The van der Waals surface area contributed by atoms with Gasteiger partial charge in [0.05, 0.1) is 12.1 Å². The summed E-state index contributed by atoms with van der Waals surface area (Å²) in [6.07, 6.45) is 0.159. The van der Waals surface area contributed by atoms with Crippen molar-refractivity contribution in [1.29, 1.82) is 0 Å². The molecule has 1 amide bonds. The number of hydrogen-bond acceptors (Lipinski definition) is 4. The second-order valence-electron chi connectivity index (χ2n) is 4.29. The van der Waals surface area contributed by atoms with Crippen molar-refractivity contribution in [2.45, 2.75) is 20.3 Å². The van der Waals surface area contributed by atoms with E-state index in [1.54, 1.807) is 37.3 Å². The maximum Gasteiger partial charge on any atom is 0.230 e. The smallest absolute Gasteiger partial charge is 0.230 e. The average Bonchev–Trinajstić information content (AvgIpc) is 2.75. The monoisotopic (exact) mass is 258 g/mol. The predicted octanol–water partition coefficient (Wildman–Crippen LogP) is 2.37. The van der Waals surface area contributed by atoms with E-state index < -0.39 is 0 Å². The highest BCUT2D eigenvalue weighted by Gasteiger charge is 2.08. The number of nitrogens with zero attached hydrogens (tertiary/aromatic N) is 1. The van der Waals surface area contributed by atoms with E-state index in [4.69, 9.17) is 4.52 Å². The number of ketones is 1. The van der Waals surface area contributed by atoms with Gasteiger partial charge in [0.15, 0.2) is 5.78 Å². The van der Waals surface area contributed by atoms with Crippen LogP contribution in [0.25, 0.3) is 0 Å². The van der Waals surface area contributed by atoms with E-state index in [1.165, 1.54) is 6.92 Å². The molecule has 98 valence electrons. The largest absolute Gasteiger partial charge is 0.361 e. The van der Waals surface area contributed by atoms with E-state index >= 15 is 0 Å². The summed E-state index contributed by atoms with van der Waals surface area (Å²) in [5.74, 6) is 0.494. The van der Waals surface area contributed by atoms with Crippen LogP contribution in [-0.4, -0.2) is 16.8 Å². The molecule has 0 bridgehead atoms. The van der Waals surface area contributed by atoms with Gasteiger partial charge in [-0.05, 0) is 38.1 Å². The summed E-state index contributed by atoms with van der Waals surface area (Å²) < 4.78 is 4.89. The zero-order chi connectivity index (χ0) is 13.8. The molecule has 2 aromatic rings. The van der Waals surface area contributed by atoms with Crippen LogP contribution >= 0.6 is 0 Å². The average molecular weight is 258 g/mol. The number of Topliss-reactive ketones (excluding diaryl/α,β-unsaturated/α-hetero) is 1. The number of hydrogen-bond donors (Lipinski definition) is 1. The van der Waals surface area contributed by atoms with Crippen LogP contribution in [0.1, 0.15) is 28.7 Å². The zero-order valence-corrected chi connectivity index (χ0v) is 10.8. The first-order chi connectivity index (χ1) is 9.04. The molecule has 0 saturated heterocycles. The van der Waals surface area contributed by atoms with Gasteiger partial charge in [-0.1, -0.05) is 5.16 Å². The van der Waals surface area contributed by atoms with Gasteiger partial charge in [-0.2, -0.15) is 0 Å². The van der Waals surface area contributed by atoms with Crippen LogP contribution in [0.15, 0.2) is 34.9 Å². The van der Waals surface area contributed by atoms with Crippen LogP contribution in [0.4, 0.5) is 5.69 Å². The standard InChI is InChI=1S/C14H14N2O3/c1-9-7-13(16-19-9)8-14(18)15-12-5-3-11(4-6-12)10(2)17/h3-7H,8H2,1-2H3,(H,15,18). The van der Waals surface area contributed by atoms with E-state index in [-0.39, 0.29) is 18.1 Å². The highest BCUT2D eigenvalue weighted by atomic mass is 16.5. The van der Waals surface area contributed by atoms with Crippen molar-refractivity contribution in [2.75, 3.05) is 5.32 Å². The van der Waals surface area contributed by atoms with Gasteiger partial charge < -0.3 is 9.84 Å². The Morgan fingerprint density at radius 2 is 1.95 bits per heavy atom. The molecular formula is C14H14N2O3. The number of amides is 1. The third-order valence-electron chi connectivity index (χ3n) is 2.59. The fourth-order valence-corrected chi connectivity index (χ4v) is 1.66. The minimum absolute atomic E-state index is 0.00375. The molecule has 0 aliphatic carbocycles. The first kappa shape index (κ1) is 13.0. The fraction of sp³-hybridized carbons (Fsp3) is 0.214. The number of benzene rings is 1. The Morgan fingerprint density at radius 1 is 1.26 bits per heavy atom. The fourth-order valence-electron chi connectivity index (χ4n) is 1.66. The summed E-state index contributed by atoms with van der Waals surface area (Å²) in [5.41, 5.74) is 1.86. The molecule has 0 fully saturated rings. The Hall–Kier alpha value is -2.43. The summed E-state index contributed by atoms with van der Waals surface area (Å²) >= 11 is 0. The van der Waals surface area contributed by atoms with E-state index in [0.29, 0.717) is 22.7 Å². The first-order valence-electron chi connectivity index (χ1n) is 5.87. The molecular weight excluding hydrogens is 244 g/mol. The molecule has 0 radical (unpaired) electrons. The van der Waals surface area contributed by atoms with Crippen LogP contribution < -0.4 is 5.32 Å². The lowest BCUT2D eigenvalue weighted by molar-refractivity contribution is -0.115. The Balaban J connectivity index is 1.97. The molecule has 0 spiro atoms. The van der Waals surface area contributed by atoms with Crippen molar-refractivity contribution >= 4 is 17.4 Å². The molecule has 1 N–H and O–H groups in total. The SMILES string of the molecule is CC(=O)c1ccc(NC(=O)Cc2cc(C)on2)cc1. The second kappa shape index (κ2) is 5.48. The third-order valence-corrected chi connectivity index (χ3v) is 2.59. The van der Waals surface area contributed by atoms with Gasteiger partial charge in [0.25, 0.3) is 0 Å². The third kappa shape index (κ3) is 3.51. The van der Waals surface area contributed by atoms with Crippen molar-refractivity contribution in [2.24, 2.45) is 0 Å². The van der Waals surface area contributed by atoms with Crippen LogP contribution in [0.3, 0.4) is 0 Å². The Bertz CT molecular complexity index is 599. The number of carbonyl (C=O) groups is 2. The maximum atomic E-state index is 11.8. The number of rotatable bonds is 4. The Labute approximate surface area is 110 Å². The van der Waals surface area contributed by atoms with Gasteiger partial charge >= 0.3 is 0 Å². The molecule has 1 heterocycles. The molecule has 0 atom stereocenters. The van der Waals surface area contributed by atoms with Gasteiger partial charge in [0, 0.05) is 17.3 Å². The molecule has 5 nitrogen and oxygen atoms in total. The molecule has 1 aromatic heterocycles. The topological polar surface area (TPSA) is 72.2 Å². The molecule has 0 unspecified atom stereocenters. The molecule has 0 saturated carbocycles. The van der Waals surface area contributed by atoms with Crippen LogP contribution in [-0.2, 0) is 11.2 Å². The van der Waals surface area contributed by atoms with Gasteiger partial charge in [0.2, 0.25) is 5.91 Å². The zero-order valence-electron chi connectivity index (χ0n) is 10.8. The van der Waals surface area contributed by atoms with Crippen molar-refractivity contribution in [3.05, 3.63) is 47.3 Å². The van der Waals surface area contributed by atoms with Crippen molar-refractivity contribution in [3.63, 3.8) is 0 Å². The Morgan fingerprint density at radius 3 is 2.47 bits per heavy atom. The maximum absolute atomic E-state index is 11.8. The number of anilines is 1. The first-order valence-corrected chi connectivity index (χ1v) is 5.87. The summed E-state index contributed by atoms with van der Waals surface area (Å²) in [5, 5.41) is 6.49. The van der Waals surface area contributed by atoms with E-state index in [0.717, 1.165) is 0 Å². The predicted molar refractivity (Wildman–Crippen MR) is 70.0 cm³/mol. The lowest BCUT2D eigenvalue weighted by atomic mass is 10.1. The number of aryl methyl sites for hydroxylation is 1. The highest BCUT2D eigenvalue weighted by Crippen LogP contribution is 2.11. The molecule has 1 aromatic carbocycles. The quantitative estimate of drug-likeness (QED) is 0.854. The lowest BCUT2D eigenvalue weighted by Crippen LogP contribution is -2.14. The minimum Gasteiger partial charge on any atom is -0.361 e. The molecule has 2 rings (SSSR count). The molecule has 19 heavy (non-hydrogen) atoms. The number of carbonyl (C=O) groups excluding carboxylic acids is 2. The van der Waals surface area contributed by atoms with E-state index in [9.17, 15) is 9.59 Å². The normalized spacial score (nSPS) is 10.2. The van der Waals surface area contributed by atoms with Gasteiger partial charge in [0.1, 0.15) is 5.76 Å². The van der Waals surface area contributed by atoms with E-state index in [2.05, 4.69) is 10.5 Å². The molecule has 0 aliphatic heterocycles. The van der Waals surface area contributed by atoms with Crippen molar-refractivity contribution in [3.8, 4) is 0 Å². The lowest BCUT2D eigenvalue weighted by Gasteiger charge is -2.04. The van der Waals surface area contributed by atoms with Gasteiger partial charge in [-0.3, -0.25) is 9.59 Å². The Kier molecular flexibility index (Phi) is 3.75. The summed E-state index contributed by atoms with van der Waals surface area (Å²) in [6, 6.07) is 8.47.